The summed E-state index contributed by atoms with van der Waals surface area (Å²) in [6, 6.07) is 0. The number of thioether (sulfide) groups is 2. The third-order valence-electron chi connectivity index (χ3n) is 8.01. The first-order valence-electron chi connectivity index (χ1n) is 11.2. The van der Waals surface area contributed by atoms with Gasteiger partial charge in [0.2, 0.25) is 0 Å². The molecule has 4 aliphatic rings. The number of Topliss-reactive ketones (excluding diaryl/α,β-unsaturated/α-hetero) is 1. The summed E-state index contributed by atoms with van der Waals surface area (Å²) in [5.74, 6) is 4.17. The Hall–Kier alpha value is -0.480. The average Bonchev–Trinajstić information content (AvgIpc) is 2.97. The SMILES string of the molecule is CCSC(C[C@]12CCC(=O)C=C1CC[C@@H]1C2=CC[C@]2(C)C(=O)CC[C@@H]12)SCC. The van der Waals surface area contributed by atoms with Crippen molar-refractivity contribution in [2.75, 3.05) is 11.5 Å². The Morgan fingerprint density at radius 1 is 1.11 bits per heavy atom. The molecule has 0 unspecified atom stereocenters. The molecule has 0 aromatic rings. The van der Waals surface area contributed by atoms with E-state index in [-0.39, 0.29) is 10.8 Å². The summed E-state index contributed by atoms with van der Waals surface area (Å²) >= 11 is 4.15. The molecular weight excluding hydrogens is 384 g/mol. The Balaban J connectivity index is 1.74. The van der Waals surface area contributed by atoms with Gasteiger partial charge in [0, 0.05) is 23.7 Å². The maximum Gasteiger partial charge on any atom is 0.155 e. The number of carbonyl (C=O) groups excluding carboxylic acids is 2. The number of rotatable bonds is 6. The molecular formula is C24H34O2S2. The molecule has 28 heavy (non-hydrogen) atoms. The van der Waals surface area contributed by atoms with Gasteiger partial charge in [0.05, 0.1) is 4.58 Å². The van der Waals surface area contributed by atoms with Gasteiger partial charge in [-0.15, -0.1) is 23.5 Å². The van der Waals surface area contributed by atoms with Gasteiger partial charge in [0.15, 0.2) is 5.78 Å². The smallest absolute Gasteiger partial charge is 0.155 e. The van der Waals surface area contributed by atoms with Crippen molar-refractivity contribution < 1.29 is 9.59 Å². The van der Waals surface area contributed by atoms with Gasteiger partial charge in [0.1, 0.15) is 5.78 Å². The maximum atomic E-state index is 12.7. The van der Waals surface area contributed by atoms with Crippen molar-refractivity contribution in [2.24, 2.45) is 22.7 Å². The van der Waals surface area contributed by atoms with Crippen molar-refractivity contribution in [3.8, 4) is 0 Å². The standard InChI is InChI=1S/C24H34O2S2/c1-4-27-22(28-5-2)15-24-13-10-17(25)14-16(24)6-7-18-19-8-9-21(26)23(19,3)12-11-20(18)24/h11,14,18-19,22H,4-10,12-13,15H2,1-3H3/t18-,19-,23-,24+/m0/s1. The summed E-state index contributed by atoms with van der Waals surface area (Å²) in [7, 11) is 0. The van der Waals surface area contributed by atoms with Gasteiger partial charge in [-0.25, -0.2) is 0 Å². The predicted octanol–water partition coefficient (Wildman–Crippen LogP) is 6.21. The fraction of sp³-hybridized carbons (Fsp3) is 0.750. The second-order valence-electron chi connectivity index (χ2n) is 9.26. The Morgan fingerprint density at radius 2 is 1.86 bits per heavy atom. The van der Waals surface area contributed by atoms with E-state index < -0.39 is 0 Å². The Labute approximate surface area is 178 Å². The second kappa shape index (κ2) is 7.98. The van der Waals surface area contributed by atoms with Gasteiger partial charge in [-0.1, -0.05) is 38.0 Å². The van der Waals surface area contributed by atoms with E-state index in [0.717, 1.165) is 56.5 Å². The average molecular weight is 419 g/mol. The molecule has 4 rings (SSSR count). The van der Waals surface area contributed by atoms with Crippen LogP contribution in [0, 0.1) is 22.7 Å². The lowest BCUT2D eigenvalue weighted by Crippen LogP contribution is -2.46. The van der Waals surface area contributed by atoms with Crippen molar-refractivity contribution in [3.63, 3.8) is 0 Å². The molecule has 154 valence electrons. The molecule has 0 amide bonds. The van der Waals surface area contributed by atoms with Crippen LogP contribution >= 0.6 is 23.5 Å². The number of fused-ring (bicyclic) bond motifs is 5. The van der Waals surface area contributed by atoms with Gasteiger partial charge >= 0.3 is 0 Å². The van der Waals surface area contributed by atoms with Gasteiger partial charge in [-0.3, -0.25) is 9.59 Å². The van der Waals surface area contributed by atoms with E-state index in [1.165, 1.54) is 5.57 Å². The van der Waals surface area contributed by atoms with Crippen molar-refractivity contribution in [1.29, 1.82) is 0 Å². The molecule has 2 nitrogen and oxygen atoms in total. The van der Waals surface area contributed by atoms with Gasteiger partial charge < -0.3 is 0 Å². The molecule has 4 atom stereocenters. The number of ketones is 2. The highest BCUT2D eigenvalue weighted by molar-refractivity contribution is 8.16. The first-order chi connectivity index (χ1) is 13.4. The molecule has 0 bridgehead atoms. The summed E-state index contributed by atoms with van der Waals surface area (Å²) in [6.45, 7) is 6.74. The second-order valence-corrected chi connectivity index (χ2v) is 12.5. The van der Waals surface area contributed by atoms with E-state index in [1.54, 1.807) is 5.57 Å². The number of carbonyl (C=O) groups is 2. The lowest BCUT2D eigenvalue weighted by atomic mass is 9.50. The monoisotopic (exact) mass is 418 g/mol. The quantitative estimate of drug-likeness (QED) is 0.379. The molecule has 0 N–H and O–H groups in total. The first kappa shape index (κ1) is 20.8. The zero-order chi connectivity index (χ0) is 19.9. The number of hydrogen-bond acceptors (Lipinski definition) is 4. The van der Waals surface area contributed by atoms with Crippen molar-refractivity contribution >= 4 is 35.1 Å². The molecule has 2 saturated carbocycles. The number of hydrogen-bond donors (Lipinski definition) is 0. The van der Waals surface area contributed by atoms with Crippen LogP contribution in [-0.4, -0.2) is 27.7 Å². The topological polar surface area (TPSA) is 34.1 Å². The third-order valence-corrected chi connectivity index (χ3v) is 10.6. The molecule has 0 radical (unpaired) electrons. The molecule has 0 saturated heterocycles. The fourth-order valence-corrected chi connectivity index (χ4v) is 9.38. The summed E-state index contributed by atoms with van der Waals surface area (Å²) in [5, 5.41) is 0. The largest absolute Gasteiger partial charge is 0.299 e. The van der Waals surface area contributed by atoms with Crippen molar-refractivity contribution in [2.45, 2.75) is 76.7 Å². The first-order valence-corrected chi connectivity index (χ1v) is 13.2. The Morgan fingerprint density at radius 3 is 2.57 bits per heavy atom. The predicted molar refractivity (Wildman–Crippen MR) is 121 cm³/mol. The van der Waals surface area contributed by atoms with Crippen LogP contribution < -0.4 is 0 Å². The molecule has 0 aromatic carbocycles. The van der Waals surface area contributed by atoms with Gasteiger partial charge in [0.25, 0.3) is 0 Å². The zero-order valence-corrected chi connectivity index (χ0v) is 19.2. The number of allylic oxidation sites excluding steroid dienone is 4. The minimum atomic E-state index is -0.128. The Kier molecular flexibility index (Phi) is 5.92. The van der Waals surface area contributed by atoms with Gasteiger partial charge in [-0.2, -0.15) is 0 Å². The molecule has 0 heterocycles. The maximum absolute atomic E-state index is 12.7. The minimum absolute atomic E-state index is 0.0821. The highest BCUT2D eigenvalue weighted by Gasteiger charge is 2.57. The summed E-state index contributed by atoms with van der Waals surface area (Å²) in [5.41, 5.74) is 2.99. The van der Waals surface area contributed by atoms with E-state index >= 15 is 0 Å². The summed E-state index contributed by atoms with van der Waals surface area (Å²) in [4.78, 5) is 24.9. The normalized spacial score (nSPS) is 37.3. The van der Waals surface area contributed by atoms with Crippen LogP contribution in [0.1, 0.15) is 72.1 Å². The van der Waals surface area contributed by atoms with Crippen LogP contribution in [0.5, 0.6) is 0 Å². The van der Waals surface area contributed by atoms with Crippen LogP contribution in [0.3, 0.4) is 0 Å². The zero-order valence-electron chi connectivity index (χ0n) is 17.6. The van der Waals surface area contributed by atoms with E-state index in [1.807, 2.05) is 6.08 Å². The van der Waals surface area contributed by atoms with Gasteiger partial charge in [-0.05, 0) is 67.9 Å². The lowest BCUT2D eigenvalue weighted by Gasteiger charge is -2.54. The summed E-state index contributed by atoms with van der Waals surface area (Å²) in [6.07, 6.45) is 12.3. The van der Waals surface area contributed by atoms with Crippen LogP contribution in [0.2, 0.25) is 0 Å². The van der Waals surface area contributed by atoms with Crippen molar-refractivity contribution in [1.82, 2.24) is 0 Å². The van der Waals surface area contributed by atoms with E-state index in [4.69, 9.17) is 0 Å². The van der Waals surface area contributed by atoms with Crippen LogP contribution in [0.25, 0.3) is 0 Å². The van der Waals surface area contributed by atoms with E-state index in [9.17, 15) is 9.59 Å². The molecule has 4 aliphatic carbocycles. The van der Waals surface area contributed by atoms with E-state index in [0.29, 0.717) is 34.4 Å². The molecule has 0 aromatic heterocycles. The Bertz CT molecular complexity index is 718. The fourth-order valence-electron chi connectivity index (χ4n) is 6.63. The molecule has 4 heteroatoms. The van der Waals surface area contributed by atoms with E-state index in [2.05, 4.69) is 50.4 Å². The van der Waals surface area contributed by atoms with Crippen LogP contribution in [0.4, 0.5) is 0 Å². The third kappa shape index (κ3) is 3.27. The van der Waals surface area contributed by atoms with Crippen LogP contribution in [0.15, 0.2) is 23.3 Å². The lowest BCUT2D eigenvalue weighted by molar-refractivity contribution is -0.127. The minimum Gasteiger partial charge on any atom is -0.299 e. The molecule has 0 aliphatic heterocycles. The molecule has 2 fully saturated rings. The molecule has 0 spiro atoms. The summed E-state index contributed by atoms with van der Waals surface area (Å²) < 4.78 is 0.588. The highest BCUT2D eigenvalue weighted by atomic mass is 32.2. The van der Waals surface area contributed by atoms with Crippen LogP contribution in [-0.2, 0) is 9.59 Å². The van der Waals surface area contributed by atoms with Crippen molar-refractivity contribution in [3.05, 3.63) is 23.3 Å². The highest BCUT2D eigenvalue weighted by Crippen LogP contribution is 2.64.